The maximum Gasteiger partial charge on any atom is 0.157 e. The van der Waals surface area contributed by atoms with E-state index in [0.717, 1.165) is 42.6 Å². The van der Waals surface area contributed by atoms with E-state index in [1.807, 2.05) is 0 Å². The molecule has 5 rings (SSSR count). The Labute approximate surface area is 167 Å². The maximum absolute atomic E-state index is 6.44. The summed E-state index contributed by atoms with van der Waals surface area (Å²) < 4.78 is 12.3. The fraction of sp³-hybridized carbons (Fsp3) is 1.00. The smallest absolute Gasteiger partial charge is 0.157 e. The first-order valence-electron chi connectivity index (χ1n) is 12.3. The molecule has 27 heavy (non-hydrogen) atoms. The van der Waals surface area contributed by atoms with E-state index in [-0.39, 0.29) is 6.29 Å². The zero-order chi connectivity index (χ0) is 18.6. The lowest BCUT2D eigenvalue weighted by Gasteiger charge is -2.61. The molecule has 0 N–H and O–H groups in total. The molecule has 0 aromatic heterocycles. The third-order valence-corrected chi connectivity index (χ3v) is 10.6. The van der Waals surface area contributed by atoms with Gasteiger partial charge < -0.3 is 9.47 Å². The Morgan fingerprint density at radius 3 is 2.44 bits per heavy atom. The van der Waals surface area contributed by atoms with Crippen molar-refractivity contribution < 1.29 is 9.47 Å². The van der Waals surface area contributed by atoms with Gasteiger partial charge in [0.25, 0.3) is 0 Å². The predicted octanol–water partition coefficient (Wildman–Crippen LogP) is 6.58. The van der Waals surface area contributed by atoms with Crippen molar-refractivity contribution in [3.05, 3.63) is 0 Å². The van der Waals surface area contributed by atoms with Crippen molar-refractivity contribution in [1.82, 2.24) is 0 Å². The van der Waals surface area contributed by atoms with Crippen molar-refractivity contribution in [1.29, 1.82) is 0 Å². The predicted molar refractivity (Wildman–Crippen MR) is 109 cm³/mol. The third kappa shape index (κ3) is 3.03. The first-order chi connectivity index (χ1) is 13.0. The molecule has 4 aliphatic carbocycles. The van der Waals surface area contributed by atoms with E-state index in [1.54, 1.807) is 0 Å². The normalized spacial score (nSPS) is 55.4. The summed E-state index contributed by atoms with van der Waals surface area (Å²) in [5, 5.41) is 0. The summed E-state index contributed by atoms with van der Waals surface area (Å²) in [7, 11) is 0. The molecule has 4 saturated carbocycles. The molecule has 1 saturated heterocycles. The van der Waals surface area contributed by atoms with Crippen LogP contribution in [0.25, 0.3) is 0 Å². The lowest BCUT2D eigenvalue weighted by atomic mass is 9.45. The van der Waals surface area contributed by atoms with E-state index in [4.69, 9.17) is 9.47 Å². The van der Waals surface area contributed by atoms with Crippen LogP contribution in [0.3, 0.4) is 0 Å². The molecule has 0 aromatic rings. The minimum atomic E-state index is 0.0970. The average Bonchev–Trinajstić information content (AvgIpc) is 2.98. The molecule has 5 aliphatic rings. The van der Waals surface area contributed by atoms with Crippen LogP contribution in [0.5, 0.6) is 0 Å². The molecule has 1 aliphatic heterocycles. The maximum atomic E-state index is 6.44. The summed E-state index contributed by atoms with van der Waals surface area (Å²) >= 11 is 0. The number of ether oxygens (including phenoxy) is 2. The molecular weight excluding hydrogens is 332 g/mol. The molecular formula is C25H42O2. The Kier molecular flexibility index (Phi) is 4.91. The number of rotatable bonds is 2. The number of fused-ring (bicyclic) bond motifs is 5. The van der Waals surface area contributed by atoms with Gasteiger partial charge >= 0.3 is 0 Å². The quantitative estimate of drug-likeness (QED) is 0.508. The summed E-state index contributed by atoms with van der Waals surface area (Å²) in [5.41, 5.74) is 1.24. The highest BCUT2D eigenvalue weighted by molar-refractivity contribution is 5.08. The number of hydrogen-bond acceptors (Lipinski definition) is 2. The summed E-state index contributed by atoms with van der Waals surface area (Å²) in [6.45, 7) is 8.78. The van der Waals surface area contributed by atoms with Gasteiger partial charge in [0.05, 0.1) is 6.10 Å². The van der Waals surface area contributed by atoms with Crippen molar-refractivity contribution in [3.63, 3.8) is 0 Å². The van der Waals surface area contributed by atoms with Gasteiger partial charge in [-0.2, -0.15) is 0 Å². The zero-order valence-electron chi connectivity index (χ0n) is 18.1. The van der Waals surface area contributed by atoms with Gasteiger partial charge in [-0.15, -0.1) is 0 Å². The van der Waals surface area contributed by atoms with Gasteiger partial charge in [-0.3, -0.25) is 0 Å². The minimum Gasteiger partial charge on any atom is -0.353 e. The van der Waals surface area contributed by atoms with Gasteiger partial charge in [0.15, 0.2) is 6.29 Å². The fourth-order valence-electron chi connectivity index (χ4n) is 8.64. The van der Waals surface area contributed by atoms with Crippen LogP contribution in [0.2, 0.25) is 0 Å². The first kappa shape index (κ1) is 18.9. The van der Waals surface area contributed by atoms with Crippen LogP contribution in [-0.2, 0) is 9.47 Å². The monoisotopic (exact) mass is 374 g/mol. The molecule has 0 amide bonds. The van der Waals surface area contributed by atoms with E-state index >= 15 is 0 Å². The molecule has 9 atom stereocenters. The second-order valence-electron chi connectivity index (χ2n) is 11.5. The second kappa shape index (κ2) is 7.01. The van der Waals surface area contributed by atoms with E-state index < -0.39 is 0 Å². The fourth-order valence-corrected chi connectivity index (χ4v) is 8.64. The molecule has 0 radical (unpaired) electrons. The standard InChI is InChI=1S/C25H42O2/c1-17-7-10-21-20-9-8-18-16-19(27-23-6-4-5-15-26-23)11-13-25(18,3)22(20)12-14-24(17,21)2/h17-23H,4-16H2,1-3H3/t17-,18?,19-,20?,21?,22+,23?,24?,25-/m0/s1. The van der Waals surface area contributed by atoms with Crippen LogP contribution in [-0.4, -0.2) is 19.0 Å². The molecule has 0 aromatic carbocycles. The Balaban J connectivity index is 1.27. The van der Waals surface area contributed by atoms with Gasteiger partial charge in [0.2, 0.25) is 0 Å². The Morgan fingerprint density at radius 1 is 0.815 bits per heavy atom. The highest BCUT2D eigenvalue weighted by atomic mass is 16.7. The van der Waals surface area contributed by atoms with Crippen LogP contribution < -0.4 is 0 Å². The lowest BCUT2D eigenvalue weighted by Crippen LogP contribution is -2.54. The van der Waals surface area contributed by atoms with Crippen molar-refractivity contribution in [2.75, 3.05) is 6.61 Å². The first-order valence-corrected chi connectivity index (χ1v) is 12.3. The van der Waals surface area contributed by atoms with E-state index in [9.17, 15) is 0 Å². The minimum absolute atomic E-state index is 0.0970. The van der Waals surface area contributed by atoms with Crippen LogP contribution >= 0.6 is 0 Å². The zero-order valence-corrected chi connectivity index (χ0v) is 18.1. The van der Waals surface area contributed by atoms with Crippen LogP contribution in [0, 0.1) is 40.4 Å². The van der Waals surface area contributed by atoms with Crippen molar-refractivity contribution in [2.45, 2.75) is 110 Å². The highest BCUT2D eigenvalue weighted by Gasteiger charge is 2.59. The highest BCUT2D eigenvalue weighted by Crippen LogP contribution is 2.67. The van der Waals surface area contributed by atoms with Gasteiger partial charge in [0.1, 0.15) is 0 Å². The molecule has 1 heterocycles. The number of hydrogen-bond donors (Lipinski definition) is 0. The Morgan fingerprint density at radius 2 is 1.63 bits per heavy atom. The van der Waals surface area contributed by atoms with Gasteiger partial charge in [0, 0.05) is 6.61 Å². The van der Waals surface area contributed by atoms with Crippen molar-refractivity contribution in [2.24, 2.45) is 40.4 Å². The van der Waals surface area contributed by atoms with Crippen LogP contribution in [0.1, 0.15) is 97.8 Å². The van der Waals surface area contributed by atoms with E-state index in [0.29, 0.717) is 16.9 Å². The molecule has 2 nitrogen and oxygen atoms in total. The topological polar surface area (TPSA) is 18.5 Å². The van der Waals surface area contributed by atoms with Crippen LogP contribution in [0.15, 0.2) is 0 Å². The molecule has 0 spiro atoms. The third-order valence-electron chi connectivity index (χ3n) is 10.6. The van der Waals surface area contributed by atoms with Gasteiger partial charge in [-0.25, -0.2) is 0 Å². The second-order valence-corrected chi connectivity index (χ2v) is 11.5. The summed E-state index contributed by atoms with van der Waals surface area (Å²) in [5.74, 6) is 4.88. The molecule has 0 bridgehead atoms. The molecule has 154 valence electrons. The lowest BCUT2D eigenvalue weighted by molar-refractivity contribution is -0.212. The van der Waals surface area contributed by atoms with E-state index in [1.165, 1.54) is 70.6 Å². The molecule has 5 fully saturated rings. The molecule has 5 unspecified atom stereocenters. The van der Waals surface area contributed by atoms with Crippen molar-refractivity contribution in [3.8, 4) is 0 Å². The largest absolute Gasteiger partial charge is 0.353 e. The van der Waals surface area contributed by atoms with Gasteiger partial charge in [-0.1, -0.05) is 20.8 Å². The van der Waals surface area contributed by atoms with E-state index in [2.05, 4.69) is 20.8 Å². The Hall–Kier alpha value is -0.0800. The average molecular weight is 375 g/mol. The summed E-state index contributed by atoms with van der Waals surface area (Å²) in [4.78, 5) is 0. The Bertz CT molecular complexity index is 540. The summed E-state index contributed by atoms with van der Waals surface area (Å²) in [6.07, 6.45) is 17.1. The summed E-state index contributed by atoms with van der Waals surface area (Å²) in [6, 6.07) is 0. The molecule has 2 heteroatoms. The van der Waals surface area contributed by atoms with Crippen LogP contribution in [0.4, 0.5) is 0 Å². The van der Waals surface area contributed by atoms with Gasteiger partial charge in [-0.05, 0) is 117 Å². The van der Waals surface area contributed by atoms with Crippen molar-refractivity contribution >= 4 is 0 Å². The SMILES string of the molecule is C[C@H]1CCC2C3CCC4C[C@@H](OC5CCCCO5)CC[C@]4(C)[C@@H]3CCC21C.